The monoisotopic (exact) mass is 941 g/mol. The molecule has 0 saturated carbocycles. The molecule has 2 amide bonds. The molecule has 0 aliphatic carbocycles. The minimum atomic E-state index is -3.16. The zero-order chi connectivity index (χ0) is 48.2. The molecule has 1 aromatic carbocycles. The fraction of sp³-hybridized carbons (Fsp3) is 0.757. The van der Waals surface area contributed by atoms with E-state index in [9.17, 15) is 85.8 Å². The average molecular weight is 942 g/mol. The summed E-state index contributed by atoms with van der Waals surface area (Å²) in [6.45, 7) is 0.181. The van der Waals surface area contributed by atoms with Crippen molar-refractivity contribution < 1.29 is 118 Å². The number of carbonyl (C=O) groups excluding carboxylic acids is 2. The smallest absolute Gasteiger partial charge is 0.364 e. The molecule has 21 atom stereocenters. The molecule has 4 saturated heterocycles. The van der Waals surface area contributed by atoms with Crippen LogP contribution in [-0.2, 0) is 47.5 Å². The molecular formula is C37H55N3O25. The van der Waals surface area contributed by atoms with Crippen molar-refractivity contribution in [2.24, 2.45) is 0 Å². The Morgan fingerprint density at radius 1 is 0.785 bits per heavy atom. The van der Waals surface area contributed by atoms with Gasteiger partial charge in [0.25, 0.3) is 11.5 Å². The SMILES string of the molecule is CC(=O)N[C@H]1[C@H](Oc2ccc([N+](=O)[O-])cc2)O[C@H](CO)[C@@H](O[C@@H]2O[C@H](CO)[C@H](O)[C@H](O[C@]3(C(=O)O)C[C@H](O)[C@@H](NC(C)=O)[C@@H]([C@H](O)[C@H](O)CO)O3)[C@H]2O)[C@@H]1O[C@@H]1O[C@@H](C)[C@@H](O)[C@@H](O)[C@@H]1O. The Kier molecular flexibility index (Phi) is 17.5. The van der Waals surface area contributed by atoms with E-state index in [0.29, 0.717) is 0 Å². The molecule has 1 aromatic rings. The lowest BCUT2D eigenvalue weighted by Gasteiger charge is -2.51. The molecule has 28 heteroatoms. The first-order chi connectivity index (χ1) is 30.6. The maximum Gasteiger partial charge on any atom is 0.364 e. The molecular weight excluding hydrogens is 886 g/mol. The largest absolute Gasteiger partial charge is 0.477 e. The molecule has 0 radical (unpaired) electrons. The number of nitrogens with zero attached hydrogens (tertiary/aromatic N) is 1. The number of carboxylic acids is 1. The van der Waals surface area contributed by atoms with Gasteiger partial charge in [-0.15, -0.1) is 0 Å². The van der Waals surface area contributed by atoms with Gasteiger partial charge in [0.2, 0.25) is 18.1 Å². The lowest BCUT2D eigenvalue weighted by atomic mass is 9.88. The predicted molar refractivity (Wildman–Crippen MR) is 204 cm³/mol. The number of aliphatic carboxylic acids is 1. The van der Waals surface area contributed by atoms with E-state index in [2.05, 4.69) is 10.6 Å². The summed E-state index contributed by atoms with van der Waals surface area (Å²) in [7, 11) is 0. The molecule has 4 fully saturated rings. The second-order valence-corrected chi connectivity index (χ2v) is 15.9. The highest BCUT2D eigenvalue weighted by atomic mass is 16.8. The third-order valence-corrected chi connectivity index (χ3v) is 11.2. The molecule has 0 unspecified atom stereocenters. The molecule has 28 nitrogen and oxygen atoms in total. The standard InChI is InChI=1S/C37H55N3O25/c1-12-23(48)26(51)27(52)34(58-12)63-31-22(39-14(3)45)33(59-16-6-4-15(5-7-16)40(56)57)61-20(11-43)29(31)62-35-28(53)32(25(50)19(10-42)60-35)65-37(36(54)55)8-17(46)21(38-13(2)44)30(64-37)24(49)18(47)9-41/h4-7,12,17-35,41-43,46-53H,8-11H2,1-3H3,(H,38,44)(H,39,45)(H,54,55)/t12-,17-,18+,19+,20+,21+,22+,23+,24+,25-,26+,27-,28+,29+,30-,31+,32-,33+,34-,35-,37-/m0/s1. The highest BCUT2D eigenvalue weighted by Crippen LogP contribution is 2.39. The van der Waals surface area contributed by atoms with Crippen molar-refractivity contribution in [3.8, 4) is 5.75 Å². The van der Waals surface area contributed by atoms with Crippen LogP contribution >= 0.6 is 0 Å². The Balaban J connectivity index is 1.53. The van der Waals surface area contributed by atoms with Crippen LogP contribution in [0.3, 0.4) is 0 Å². The van der Waals surface area contributed by atoms with Crippen molar-refractivity contribution in [1.82, 2.24) is 10.6 Å². The molecule has 368 valence electrons. The number of non-ortho nitro benzene ring substituents is 1. The van der Waals surface area contributed by atoms with Crippen molar-refractivity contribution in [2.75, 3.05) is 19.8 Å². The second kappa shape index (κ2) is 21.8. The van der Waals surface area contributed by atoms with Crippen molar-refractivity contribution in [2.45, 2.75) is 155 Å². The Labute approximate surface area is 367 Å². The Bertz CT molecular complexity index is 1780. The minimum Gasteiger partial charge on any atom is -0.477 e. The summed E-state index contributed by atoms with van der Waals surface area (Å²) in [5.41, 5.74) is -0.325. The van der Waals surface area contributed by atoms with Crippen LogP contribution in [0.5, 0.6) is 5.75 Å². The van der Waals surface area contributed by atoms with Gasteiger partial charge in [-0.3, -0.25) is 19.7 Å². The molecule has 0 aromatic heterocycles. The first kappa shape index (κ1) is 52.1. The van der Waals surface area contributed by atoms with Gasteiger partial charge in [-0.05, 0) is 19.1 Å². The van der Waals surface area contributed by atoms with Gasteiger partial charge in [-0.2, -0.15) is 0 Å². The van der Waals surface area contributed by atoms with Crippen molar-refractivity contribution >= 4 is 23.5 Å². The van der Waals surface area contributed by atoms with E-state index in [4.69, 9.17) is 37.9 Å². The summed E-state index contributed by atoms with van der Waals surface area (Å²) >= 11 is 0. The number of carboxylic acid groups (broad SMARTS) is 1. The molecule has 4 heterocycles. The van der Waals surface area contributed by atoms with Crippen molar-refractivity contribution in [3.05, 3.63) is 34.4 Å². The van der Waals surface area contributed by atoms with Gasteiger partial charge in [0, 0.05) is 32.4 Å². The second-order valence-electron chi connectivity index (χ2n) is 15.9. The van der Waals surface area contributed by atoms with Crippen LogP contribution in [0, 0.1) is 10.1 Å². The molecule has 14 N–H and O–H groups in total. The maximum absolute atomic E-state index is 13.0. The quantitative estimate of drug-likeness (QED) is 0.0510. The summed E-state index contributed by atoms with van der Waals surface area (Å²) in [4.78, 5) is 48.4. The van der Waals surface area contributed by atoms with Gasteiger partial charge >= 0.3 is 5.97 Å². The van der Waals surface area contributed by atoms with Crippen LogP contribution in [0.2, 0.25) is 0 Å². The van der Waals surface area contributed by atoms with Crippen LogP contribution in [0.15, 0.2) is 24.3 Å². The Morgan fingerprint density at radius 2 is 1.35 bits per heavy atom. The molecule has 0 bridgehead atoms. The zero-order valence-corrected chi connectivity index (χ0v) is 34.8. The summed E-state index contributed by atoms with van der Waals surface area (Å²) in [6.07, 6.45) is -35.7. The van der Waals surface area contributed by atoms with Crippen molar-refractivity contribution in [1.29, 1.82) is 0 Å². The van der Waals surface area contributed by atoms with E-state index < -0.39 is 177 Å². The normalized spacial score (nSPS) is 40.8. The van der Waals surface area contributed by atoms with E-state index in [-0.39, 0.29) is 11.4 Å². The van der Waals surface area contributed by atoms with Gasteiger partial charge in [0.05, 0.1) is 43.0 Å². The van der Waals surface area contributed by atoms with E-state index in [1.54, 1.807) is 0 Å². The first-order valence-corrected chi connectivity index (χ1v) is 20.2. The van der Waals surface area contributed by atoms with Crippen LogP contribution < -0.4 is 15.4 Å². The number of amides is 2. The third-order valence-electron chi connectivity index (χ3n) is 11.2. The van der Waals surface area contributed by atoms with Crippen LogP contribution in [0.25, 0.3) is 0 Å². The van der Waals surface area contributed by atoms with Crippen LogP contribution in [0.1, 0.15) is 27.2 Å². The fourth-order valence-corrected chi connectivity index (χ4v) is 7.85. The molecule has 5 rings (SSSR count). The maximum atomic E-state index is 13.0. The van der Waals surface area contributed by atoms with E-state index in [0.717, 1.165) is 26.0 Å². The number of hydrogen-bond donors (Lipinski definition) is 14. The highest BCUT2D eigenvalue weighted by molar-refractivity contribution is 5.76. The van der Waals surface area contributed by atoms with Crippen LogP contribution in [0.4, 0.5) is 5.69 Å². The lowest BCUT2D eigenvalue weighted by Crippen LogP contribution is -2.71. The molecule has 65 heavy (non-hydrogen) atoms. The summed E-state index contributed by atoms with van der Waals surface area (Å²) in [5, 5.41) is 144. The number of benzene rings is 1. The number of aliphatic hydroxyl groups excluding tert-OH is 11. The van der Waals surface area contributed by atoms with Gasteiger partial charge in [0.1, 0.15) is 91.1 Å². The predicted octanol–water partition coefficient (Wildman–Crippen LogP) is -7.23. The number of hydrogen-bond acceptors (Lipinski definition) is 24. The number of carbonyl (C=O) groups is 3. The topological polar surface area (TPSA) is 435 Å². The van der Waals surface area contributed by atoms with E-state index in [1.807, 2.05) is 0 Å². The average Bonchev–Trinajstić information content (AvgIpc) is 3.25. The van der Waals surface area contributed by atoms with Crippen molar-refractivity contribution in [3.63, 3.8) is 0 Å². The Morgan fingerprint density at radius 3 is 1.91 bits per heavy atom. The van der Waals surface area contributed by atoms with E-state index in [1.165, 1.54) is 19.1 Å². The Hall–Kier alpha value is -3.89. The molecule has 4 aliphatic heterocycles. The lowest BCUT2D eigenvalue weighted by molar-refractivity contribution is -0.389. The highest BCUT2D eigenvalue weighted by Gasteiger charge is 2.61. The summed E-state index contributed by atoms with van der Waals surface area (Å²) in [6, 6.07) is 1.27. The minimum absolute atomic E-state index is 0.0795. The molecule has 4 aliphatic rings. The third kappa shape index (κ3) is 11.5. The van der Waals surface area contributed by atoms with Gasteiger partial charge in [0.15, 0.2) is 12.6 Å². The number of aliphatic hydroxyl groups is 11. The summed E-state index contributed by atoms with van der Waals surface area (Å²) < 4.78 is 46.9. The van der Waals surface area contributed by atoms with Gasteiger partial charge in [-0.1, -0.05) is 0 Å². The van der Waals surface area contributed by atoms with Crippen LogP contribution in [-0.4, -0.2) is 232 Å². The fourth-order valence-electron chi connectivity index (χ4n) is 7.85. The summed E-state index contributed by atoms with van der Waals surface area (Å²) in [5.74, 6) is -6.87. The first-order valence-electron chi connectivity index (χ1n) is 20.2. The number of nitro groups is 1. The van der Waals surface area contributed by atoms with E-state index >= 15 is 0 Å². The number of nitrogens with one attached hydrogen (secondary N) is 2. The molecule has 0 spiro atoms. The number of ether oxygens (including phenoxy) is 8. The van der Waals surface area contributed by atoms with Gasteiger partial charge in [-0.25, -0.2) is 4.79 Å². The zero-order valence-electron chi connectivity index (χ0n) is 34.8. The van der Waals surface area contributed by atoms with Gasteiger partial charge < -0.3 is 110 Å². The number of nitro benzene ring substituents is 1. The number of rotatable bonds is 17.